The van der Waals surface area contributed by atoms with E-state index >= 15 is 0 Å². The molecule has 3 heterocycles. The monoisotopic (exact) mass is 508 g/mol. The number of imidazole rings is 1. The van der Waals surface area contributed by atoms with Crippen LogP contribution in [0.15, 0.2) is 65.5 Å². The summed E-state index contributed by atoms with van der Waals surface area (Å²) in [5.74, 6) is -1.45. The van der Waals surface area contributed by atoms with Gasteiger partial charge in [0.15, 0.2) is 0 Å². The number of benzene rings is 1. The first-order valence-corrected chi connectivity index (χ1v) is 12.9. The zero-order valence-corrected chi connectivity index (χ0v) is 22.1. The highest BCUT2D eigenvalue weighted by Gasteiger charge is 2.40. The minimum absolute atomic E-state index is 0.243. The standard InChI is InChI=1S/C28H36N4O5/c1-5-36-27(33)24-20(3)32(14-13-30-15-17-35-18-16-30)21(4)25(28(34)37-6-2)26(24)22-7-9-23(10-8-22)31-12-11-29-19-31/h7-12,19,26H,5-6,13-18H2,1-4H3. The number of rotatable bonds is 9. The van der Waals surface area contributed by atoms with Crippen LogP contribution in [0.1, 0.15) is 39.2 Å². The number of esters is 2. The molecule has 1 fully saturated rings. The second-order valence-corrected chi connectivity index (χ2v) is 9.04. The quantitative estimate of drug-likeness (QED) is 0.477. The molecule has 1 saturated heterocycles. The van der Waals surface area contributed by atoms with Gasteiger partial charge in [0.05, 0.1) is 49.8 Å². The average molecular weight is 509 g/mol. The lowest BCUT2D eigenvalue weighted by Crippen LogP contribution is -2.43. The summed E-state index contributed by atoms with van der Waals surface area (Å²) in [6, 6.07) is 7.81. The first kappa shape index (κ1) is 26.6. The number of allylic oxidation sites excluding steroid dienone is 2. The van der Waals surface area contributed by atoms with Crippen LogP contribution in [0.5, 0.6) is 0 Å². The smallest absolute Gasteiger partial charge is 0.336 e. The van der Waals surface area contributed by atoms with Crippen LogP contribution in [-0.4, -0.2) is 83.9 Å². The molecular weight excluding hydrogens is 472 g/mol. The van der Waals surface area contributed by atoms with Crippen LogP contribution in [0.3, 0.4) is 0 Å². The Hall–Kier alpha value is -3.43. The highest BCUT2D eigenvalue weighted by molar-refractivity contribution is 5.99. The highest BCUT2D eigenvalue weighted by Crippen LogP contribution is 2.43. The molecule has 9 heteroatoms. The number of nitrogens with zero attached hydrogens (tertiary/aromatic N) is 4. The third kappa shape index (κ3) is 5.78. The maximum atomic E-state index is 13.4. The molecule has 198 valence electrons. The third-order valence-electron chi connectivity index (χ3n) is 6.93. The van der Waals surface area contributed by atoms with Crippen molar-refractivity contribution in [2.24, 2.45) is 0 Å². The fourth-order valence-electron chi connectivity index (χ4n) is 5.04. The van der Waals surface area contributed by atoms with Crippen LogP contribution < -0.4 is 0 Å². The Morgan fingerprint density at radius 1 is 0.946 bits per heavy atom. The maximum absolute atomic E-state index is 13.4. The molecule has 9 nitrogen and oxygen atoms in total. The maximum Gasteiger partial charge on any atom is 0.336 e. The van der Waals surface area contributed by atoms with Crippen molar-refractivity contribution in [3.8, 4) is 5.69 Å². The average Bonchev–Trinajstić information content (AvgIpc) is 3.44. The van der Waals surface area contributed by atoms with Crippen LogP contribution >= 0.6 is 0 Å². The molecule has 0 aliphatic carbocycles. The Bertz CT molecular complexity index is 1110. The highest BCUT2D eigenvalue weighted by atomic mass is 16.5. The Labute approximate surface area is 218 Å². The summed E-state index contributed by atoms with van der Waals surface area (Å²) >= 11 is 0. The minimum Gasteiger partial charge on any atom is -0.463 e. The van der Waals surface area contributed by atoms with Crippen molar-refractivity contribution < 1.29 is 23.8 Å². The number of carbonyl (C=O) groups is 2. The minimum atomic E-state index is -0.602. The van der Waals surface area contributed by atoms with Crippen molar-refractivity contribution in [3.63, 3.8) is 0 Å². The van der Waals surface area contributed by atoms with Gasteiger partial charge in [0.25, 0.3) is 0 Å². The van der Waals surface area contributed by atoms with Crippen molar-refractivity contribution >= 4 is 11.9 Å². The molecule has 0 atom stereocenters. The summed E-state index contributed by atoms with van der Waals surface area (Å²) < 4.78 is 18.4. The molecule has 2 aliphatic rings. The lowest BCUT2D eigenvalue weighted by molar-refractivity contribution is -0.139. The molecule has 0 amide bonds. The lowest BCUT2D eigenvalue weighted by Gasteiger charge is -2.39. The van der Waals surface area contributed by atoms with Crippen molar-refractivity contribution in [1.29, 1.82) is 0 Å². The Morgan fingerprint density at radius 3 is 2.05 bits per heavy atom. The molecule has 0 radical (unpaired) electrons. The van der Waals surface area contributed by atoms with Gasteiger partial charge in [-0.15, -0.1) is 0 Å². The van der Waals surface area contributed by atoms with Gasteiger partial charge in [-0.2, -0.15) is 0 Å². The normalized spacial score (nSPS) is 17.4. The molecule has 1 aromatic carbocycles. The molecule has 0 spiro atoms. The molecule has 0 bridgehead atoms. The molecule has 0 N–H and O–H groups in total. The number of morpholine rings is 1. The van der Waals surface area contributed by atoms with E-state index in [1.54, 1.807) is 26.4 Å². The van der Waals surface area contributed by atoms with Crippen molar-refractivity contribution in [3.05, 3.63) is 71.1 Å². The van der Waals surface area contributed by atoms with Crippen LogP contribution in [-0.2, 0) is 23.8 Å². The predicted molar refractivity (Wildman–Crippen MR) is 139 cm³/mol. The Morgan fingerprint density at radius 2 is 1.54 bits per heavy atom. The van der Waals surface area contributed by atoms with Crippen LogP contribution in [0.25, 0.3) is 5.69 Å². The van der Waals surface area contributed by atoms with E-state index in [9.17, 15) is 9.59 Å². The molecule has 1 aromatic heterocycles. The van der Waals surface area contributed by atoms with Gasteiger partial charge in [-0.25, -0.2) is 14.6 Å². The van der Waals surface area contributed by atoms with Gasteiger partial charge >= 0.3 is 11.9 Å². The summed E-state index contributed by atoms with van der Waals surface area (Å²) in [4.78, 5) is 35.3. The van der Waals surface area contributed by atoms with E-state index < -0.39 is 17.9 Å². The summed E-state index contributed by atoms with van der Waals surface area (Å²) in [5.41, 5.74) is 4.27. The first-order chi connectivity index (χ1) is 18.0. The van der Waals surface area contributed by atoms with Crippen molar-refractivity contribution in [1.82, 2.24) is 19.4 Å². The largest absolute Gasteiger partial charge is 0.463 e. The third-order valence-corrected chi connectivity index (χ3v) is 6.93. The van der Waals surface area contributed by atoms with E-state index in [1.165, 1.54) is 0 Å². The number of hydrogen-bond donors (Lipinski definition) is 0. The fraction of sp³-hybridized carbons (Fsp3) is 0.464. The lowest BCUT2D eigenvalue weighted by atomic mass is 9.79. The molecule has 37 heavy (non-hydrogen) atoms. The summed E-state index contributed by atoms with van der Waals surface area (Å²) in [6.07, 6.45) is 5.31. The van der Waals surface area contributed by atoms with Crippen LogP contribution in [0, 0.1) is 0 Å². The van der Waals surface area contributed by atoms with Gasteiger partial charge in [0.1, 0.15) is 0 Å². The van der Waals surface area contributed by atoms with Crippen LogP contribution in [0.4, 0.5) is 0 Å². The van der Waals surface area contributed by atoms with Crippen LogP contribution in [0.2, 0.25) is 0 Å². The topological polar surface area (TPSA) is 86.1 Å². The zero-order valence-electron chi connectivity index (χ0n) is 22.1. The molecular formula is C28H36N4O5. The fourth-order valence-corrected chi connectivity index (χ4v) is 5.04. The Kier molecular flexibility index (Phi) is 8.78. The van der Waals surface area contributed by atoms with E-state index in [0.29, 0.717) is 30.9 Å². The summed E-state index contributed by atoms with van der Waals surface area (Å²) in [5, 5.41) is 0. The second-order valence-electron chi connectivity index (χ2n) is 9.04. The first-order valence-electron chi connectivity index (χ1n) is 12.9. The van der Waals surface area contributed by atoms with Gasteiger partial charge < -0.3 is 23.7 Å². The van der Waals surface area contributed by atoms with Gasteiger partial charge in [0.2, 0.25) is 0 Å². The SMILES string of the molecule is CCOC(=O)C1=C(C)N(CCN2CCOCC2)C(C)=C(C(=O)OCC)C1c1ccc(-n2ccnc2)cc1. The van der Waals surface area contributed by atoms with E-state index in [-0.39, 0.29) is 13.2 Å². The van der Waals surface area contributed by atoms with Crippen molar-refractivity contribution in [2.75, 3.05) is 52.6 Å². The summed E-state index contributed by atoms with van der Waals surface area (Å²) in [6.45, 7) is 12.5. The molecule has 0 unspecified atom stereocenters. The van der Waals surface area contributed by atoms with Gasteiger partial charge in [-0.05, 0) is 45.4 Å². The van der Waals surface area contributed by atoms with Crippen molar-refractivity contribution in [2.45, 2.75) is 33.6 Å². The molecule has 2 aliphatic heterocycles. The van der Waals surface area contributed by atoms with Gasteiger partial charge in [-0.1, -0.05) is 12.1 Å². The van der Waals surface area contributed by atoms with Gasteiger partial charge in [0, 0.05) is 55.7 Å². The van der Waals surface area contributed by atoms with E-state index in [0.717, 1.165) is 42.3 Å². The number of aromatic nitrogens is 2. The molecule has 0 saturated carbocycles. The number of carbonyl (C=O) groups excluding carboxylic acids is 2. The molecule has 2 aromatic rings. The zero-order chi connectivity index (χ0) is 26.4. The van der Waals surface area contributed by atoms with E-state index in [2.05, 4.69) is 14.8 Å². The summed E-state index contributed by atoms with van der Waals surface area (Å²) in [7, 11) is 0. The predicted octanol–water partition coefficient (Wildman–Crippen LogP) is 3.28. The second kappa shape index (κ2) is 12.2. The number of ether oxygens (including phenoxy) is 3. The van der Waals surface area contributed by atoms with E-state index in [1.807, 2.05) is 48.9 Å². The number of hydrogen-bond acceptors (Lipinski definition) is 8. The molecule has 4 rings (SSSR count). The Balaban J connectivity index is 1.77. The van der Waals surface area contributed by atoms with E-state index in [4.69, 9.17) is 14.2 Å². The van der Waals surface area contributed by atoms with Gasteiger partial charge in [-0.3, -0.25) is 4.90 Å².